The highest BCUT2D eigenvalue weighted by molar-refractivity contribution is 5.95. The average Bonchev–Trinajstić information content (AvgIpc) is 3.24. The molecule has 0 fully saturated rings. The molecule has 1 N–H and O–H groups in total. The molecule has 0 radical (unpaired) electrons. The van der Waals surface area contributed by atoms with Gasteiger partial charge in [0.05, 0.1) is 5.69 Å². The second kappa shape index (κ2) is 5.64. The molecule has 3 aromatic rings. The van der Waals surface area contributed by atoms with E-state index < -0.39 is 0 Å². The maximum atomic E-state index is 12.5. The SMILES string of the molecule is O=C(NC1Cc2ccccc2C1)c1cccc(-n2cnnn2)c1. The van der Waals surface area contributed by atoms with Crippen molar-refractivity contribution in [2.24, 2.45) is 0 Å². The van der Waals surface area contributed by atoms with Gasteiger partial charge >= 0.3 is 0 Å². The van der Waals surface area contributed by atoms with Gasteiger partial charge in [0.2, 0.25) is 0 Å². The molecule has 0 aliphatic heterocycles. The summed E-state index contributed by atoms with van der Waals surface area (Å²) in [6.07, 6.45) is 3.27. The first-order chi connectivity index (χ1) is 11.3. The number of carbonyl (C=O) groups is 1. The molecule has 0 saturated carbocycles. The molecule has 6 heteroatoms. The standard InChI is InChI=1S/C17H15N5O/c23-17(19-15-8-12-4-1-2-5-13(12)9-15)14-6-3-7-16(10-14)22-11-18-20-21-22/h1-7,10-11,15H,8-9H2,(H,19,23). The van der Waals surface area contributed by atoms with Crippen LogP contribution in [0.4, 0.5) is 0 Å². The third-order valence-electron chi connectivity index (χ3n) is 4.11. The minimum absolute atomic E-state index is 0.0715. The van der Waals surface area contributed by atoms with Gasteiger partial charge in [-0.15, -0.1) is 5.10 Å². The van der Waals surface area contributed by atoms with E-state index in [1.54, 1.807) is 12.1 Å². The van der Waals surface area contributed by atoms with Crippen LogP contribution in [0.1, 0.15) is 21.5 Å². The molecule has 1 amide bonds. The highest BCUT2D eigenvalue weighted by Crippen LogP contribution is 2.22. The topological polar surface area (TPSA) is 72.7 Å². The number of amides is 1. The maximum absolute atomic E-state index is 12.5. The molecule has 0 spiro atoms. The Morgan fingerprint density at radius 3 is 2.57 bits per heavy atom. The molecule has 0 unspecified atom stereocenters. The molecule has 0 atom stereocenters. The van der Waals surface area contributed by atoms with Gasteiger partial charge in [0.15, 0.2) is 0 Å². The average molecular weight is 305 g/mol. The normalized spacial score (nSPS) is 13.7. The molecule has 23 heavy (non-hydrogen) atoms. The lowest BCUT2D eigenvalue weighted by atomic mass is 10.1. The number of rotatable bonds is 3. The number of hydrogen-bond donors (Lipinski definition) is 1. The van der Waals surface area contributed by atoms with Crippen molar-refractivity contribution in [3.05, 3.63) is 71.5 Å². The quantitative estimate of drug-likeness (QED) is 0.797. The molecule has 1 aromatic heterocycles. The van der Waals surface area contributed by atoms with E-state index >= 15 is 0 Å². The number of aromatic nitrogens is 4. The van der Waals surface area contributed by atoms with Gasteiger partial charge in [0.25, 0.3) is 5.91 Å². The fourth-order valence-corrected chi connectivity index (χ4v) is 3.00. The fourth-order valence-electron chi connectivity index (χ4n) is 3.00. The van der Waals surface area contributed by atoms with Gasteiger partial charge in [-0.2, -0.15) is 0 Å². The van der Waals surface area contributed by atoms with Crippen molar-refractivity contribution in [3.63, 3.8) is 0 Å². The van der Waals surface area contributed by atoms with Gasteiger partial charge in [-0.1, -0.05) is 30.3 Å². The summed E-state index contributed by atoms with van der Waals surface area (Å²) in [7, 11) is 0. The third-order valence-corrected chi connectivity index (χ3v) is 4.11. The van der Waals surface area contributed by atoms with E-state index in [2.05, 4.69) is 33.0 Å². The van der Waals surface area contributed by atoms with E-state index in [1.165, 1.54) is 22.1 Å². The minimum atomic E-state index is -0.0715. The molecule has 6 nitrogen and oxygen atoms in total. The zero-order chi connectivity index (χ0) is 15.6. The van der Waals surface area contributed by atoms with Crippen LogP contribution in [0.15, 0.2) is 54.9 Å². The number of nitrogens with zero attached hydrogens (tertiary/aromatic N) is 4. The van der Waals surface area contributed by atoms with E-state index in [1.807, 2.05) is 24.3 Å². The lowest BCUT2D eigenvalue weighted by Crippen LogP contribution is -2.35. The summed E-state index contributed by atoms with van der Waals surface area (Å²) in [5, 5.41) is 14.2. The van der Waals surface area contributed by atoms with Crippen LogP contribution in [0.2, 0.25) is 0 Å². The van der Waals surface area contributed by atoms with Crippen molar-refractivity contribution in [1.82, 2.24) is 25.5 Å². The summed E-state index contributed by atoms with van der Waals surface area (Å²) in [5.41, 5.74) is 4.01. The Morgan fingerprint density at radius 1 is 1.09 bits per heavy atom. The minimum Gasteiger partial charge on any atom is -0.349 e. The maximum Gasteiger partial charge on any atom is 0.251 e. The van der Waals surface area contributed by atoms with Crippen LogP contribution < -0.4 is 5.32 Å². The number of benzene rings is 2. The summed E-state index contributed by atoms with van der Waals surface area (Å²) >= 11 is 0. The van der Waals surface area contributed by atoms with Gasteiger partial charge in [-0.3, -0.25) is 4.79 Å². The van der Waals surface area contributed by atoms with E-state index in [9.17, 15) is 4.79 Å². The van der Waals surface area contributed by atoms with Crippen molar-refractivity contribution >= 4 is 5.91 Å². The monoisotopic (exact) mass is 305 g/mol. The molecule has 0 saturated heterocycles. The Hall–Kier alpha value is -3.02. The summed E-state index contributed by atoms with van der Waals surface area (Å²) in [5.74, 6) is -0.0715. The van der Waals surface area contributed by atoms with Crippen molar-refractivity contribution in [3.8, 4) is 5.69 Å². The predicted molar refractivity (Wildman–Crippen MR) is 84.3 cm³/mol. The van der Waals surface area contributed by atoms with Crippen LogP contribution in [0.5, 0.6) is 0 Å². The van der Waals surface area contributed by atoms with E-state index in [0.29, 0.717) is 5.56 Å². The molecule has 1 heterocycles. The molecule has 1 aliphatic carbocycles. The van der Waals surface area contributed by atoms with E-state index in [-0.39, 0.29) is 11.9 Å². The first kappa shape index (κ1) is 13.6. The smallest absolute Gasteiger partial charge is 0.251 e. The van der Waals surface area contributed by atoms with Gasteiger partial charge in [-0.05, 0) is 52.6 Å². The second-order valence-corrected chi connectivity index (χ2v) is 5.65. The zero-order valence-electron chi connectivity index (χ0n) is 12.4. The van der Waals surface area contributed by atoms with Crippen LogP contribution in [-0.2, 0) is 12.8 Å². The van der Waals surface area contributed by atoms with Gasteiger partial charge in [-0.25, -0.2) is 4.68 Å². The van der Waals surface area contributed by atoms with Crippen LogP contribution in [-0.4, -0.2) is 32.2 Å². The number of nitrogens with one attached hydrogen (secondary N) is 1. The highest BCUT2D eigenvalue weighted by atomic mass is 16.1. The van der Waals surface area contributed by atoms with Crippen molar-refractivity contribution in [1.29, 1.82) is 0 Å². The summed E-state index contributed by atoms with van der Waals surface area (Å²) in [6, 6.07) is 15.8. The third kappa shape index (κ3) is 2.70. The first-order valence-corrected chi connectivity index (χ1v) is 7.51. The lowest BCUT2D eigenvalue weighted by molar-refractivity contribution is 0.0938. The van der Waals surface area contributed by atoms with Gasteiger partial charge in [0, 0.05) is 11.6 Å². The molecule has 1 aliphatic rings. The van der Waals surface area contributed by atoms with Crippen LogP contribution in [0.3, 0.4) is 0 Å². The Bertz CT molecular complexity index is 819. The Balaban J connectivity index is 1.49. The largest absolute Gasteiger partial charge is 0.349 e. The van der Waals surface area contributed by atoms with Crippen molar-refractivity contribution in [2.45, 2.75) is 18.9 Å². The number of hydrogen-bond acceptors (Lipinski definition) is 4. The predicted octanol–water partition coefficient (Wildman–Crippen LogP) is 1.56. The lowest BCUT2D eigenvalue weighted by Gasteiger charge is -2.12. The summed E-state index contributed by atoms with van der Waals surface area (Å²) < 4.78 is 1.53. The van der Waals surface area contributed by atoms with Crippen molar-refractivity contribution in [2.75, 3.05) is 0 Å². The van der Waals surface area contributed by atoms with Gasteiger partial charge in [0.1, 0.15) is 6.33 Å². The number of fused-ring (bicyclic) bond motifs is 1. The summed E-state index contributed by atoms with van der Waals surface area (Å²) in [4.78, 5) is 12.5. The van der Waals surface area contributed by atoms with Crippen LogP contribution in [0, 0.1) is 0 Å². The Labute approximate surface area is 133 Å². The molecule has 4 rings (SSSR count). The molecule has 0 bridgehead atoms. The Morgan fingerprint density at radius 2 is 1.87 bits per heavy atom. The van der Waals surface area contributed by atoms with Crippen LogP contribution in [0.25, 0.3) is 5.69 Å². The number of tetrazole rings is 1. The molecular weight excluding hydrogens is 290 g/mol. The summed E-state index contributed by atoms with van der Waals surface area (Å²) in [6.45, 7) is 0. The van der Waals surface area contributed by atoms with Crippen molar-refractivity contribution < 1.29 is 4.79 Å². The first-order valence-electron chi connectivity index (χ1n) is 7.51. The fraction of sp³-hybridized carbons (Fsp3) is 0.176. The molecule has 2 aromatic carbocycles. The highest BCUT2D eigenvalue weighted by Gasteiger charge is 2.22. The van der Waals surface area contributed by atoms with Crippen LogP contribution >= 0.6 is 0 Å². The van der Waals surface area contributed by atoms with Gasteiger partial charge < -0.3 is 5.32 Å². The number of carbonyl (C=O) groups excluding carboxylic acids is 1. The van der Waals surface area contributed by atoms with E-state index in [4.69, 9.17) is 0 Å². The Kier molecular flexibility index (Phi) is 3.34. The second-order valence-electron chi connectivity index (χ2n) is 5.65. The van der Waals surface area contributed by atoms with E-state index in [0.717, 1.165) is 18.5 Å². The zero-order valence-corrected chi connectivity index (χ0v) is 12.4. The molecule has 114 valence electrons. The molecular formula is C17H15N5O.